The molecule has 1 N–H and O–H groups in total. The minimum Gasteiger partial charge on any atom is -0.497 e. The Bertz CT molecular complexity index is 1010. The predicted octanol–water partition coefficient (Wildman–Crippen LogP) is 2.59. The first-order valence-corrected chi connectivity index (χ1v) is 10.1. The summed E-state index contributed by atoms with van der Waals surface area (Å²) in [5.74, 6) is 0.838. The molecule has 1 amide bonds. The second kappa shape index (κ2) is 9.34. The molecule has 0 atom stereocenters. The number of nitrogens with one attached hydrogen (secondary N) is 1. The van der Waals surface area contributed by atoms with Crippen molar-refractivity contribution >= 4 is 17.6 Å². The number of ether oxygens (including phenoxy) is 2. The lowest BCUT2D eigenvalue weighted by Gasteiger charge is -2.36. The van der Waals surface area contributed by atoms with E-state index < -0.39 is 5.97 Å². The van der Waals surface area contributed by atoms with Crippen LogP contribution in [0, 0.1) is 0 Å². The van der Waals surface area contributed by atoms with Crippen molar-refractivity contribution in [2.75, 3.05) is 44.8 Å². The van der Waals surface area contributed by atoms with Gasteiger partial charge in [0.2, 0.25) is 0 Å². The number of aromatic nitrogens is 2. The van der Waals surface area contributed by atoms with Gasteiger partial charge in [-0.2, -0.15) is 0 Å². The zero-order valence-corrected chi connectivity index (χ0v) is 17.3. The van der Waals surface area contributed by atoms with Crippen molar-refractivity contribution in [2.45, 2.75) is 0 Å². The standard InChI is InChI=1S/C23H24N4O4/c1-30-20-8-6-19(7-9-20)26-12-14-27(15-13-26)21(28)16-31-23(29)18-4-2-17(3-5-18)22-24-10-11-25-22/h2-11H,12-16H2,1H3,(H,24,25). The lowest BCUT2D eigenvalue weighted by molar-refractivity contribution is -0.134. The first-order valence-electron chi connectivity index (χ1n) is 10.1. The SMILES string of the molecule is COc1ccc(N2CCN(C(=O)COC(=O)c3ccc(-c4ncc[nH]4)cc3)CC2)cc1. The fourth-order valence-corrected chi connectivity index (χ4v) is 3.50. The van der Waals surface area contributed by atoms with Gasteiger partial charge >= 0.3 is 5.97 Å². The third-order valence-corrected chi connectivity index (χ3v) is 5.29. The van der Waals surface area contributed by atoms with E-state index in [-0.39, 0.29) is 12.5 Å². The molecule has 2 aromatic carbocycles. The smallest absolute Gasteiger partial charge is 0.338 e. The van der Waals surface area contributed by atoms with Gasteiger partial charge in [-0.15, -0.1) is 0 Å². The Balaban J connectivity index is 1.25. The zero-order chi connectivity index (χ0) is 21.6. The summed E-state index contributed by atoms with van der Waals surface area (Å²) < 4.78 is 10.4. The van der Waals surface area contributed by atoms with Gasteiger partial charge in [0.1, 0.15) is 11.6 Å². The highest BCUT2D eigenvalue weighted by atomic mass is 16.5. The van der Waals surface area contributed by atoms with E-state index in [0.29, 0.717) is 18.7 Å². The number of amides is 1. The number of methoxy groups -OCH3 is 1. The number of esters is 1. The number of carbonyl (C=O) groups excluding carboxylic acids is 2. The average molecular weight is 420 g/mol. The van der Waals surface area contributed by atoms with Gasteiger partial charge in [0.05, 0.1) is 12.7 Å². The van der Waals surface area contributed by atoms with E-state index in [0.717, 1.165) is 35.9 Å². The molecule has 0 unspecified atom stereocenters. The third kappa shape index (κ3) is 4.85. The molecule has 0 saturated carbocycles. The molecule has 1 aliphatic rings. The summed E-state index contributed by atoms with van der Waals surface area (Å²) in [5, 5.41) is 0. The number of carbonyl (C=O) groups is 2. The zero-order valence-electron chi connectivity index (χ0n) is 17.3. The minimum atomic E-state index is -0.517. The van der Waals surface area contributed by atoms with Crippen LogP contribution in [0.4, 0.5) is 5.69 Å². The number of rotatable bonds is 6. The van der Waals surface area contributed by atoms with Gasteiger partial charge < -0.3 is 24.3 Å². The van der Waals surface area contributed by atoms with Crippen LogP contribution in [0.15, 0.2) is 60.9 Å². The van der Waals surface area contributed by atoms with Crippen LogP contribution in [0.5, 0.6) is 5.75 Å². The number of nitrogens with zero attached hydrogens (tertiary/aromatic N) is 3. The van der Waals surface area contributed by atoms with E-state index in [4.69, 9.17) is 9.47 Å². The minimum absolute atomic E-state index is 0.185. The van der Waals surface area contributed by atoms with E-state index in [1.807, 2.05) is 24.3 Å². The molecule has 1 aliphatic heterocycles. The molecule has 4 rings (SSSR count). The Kier molecular flexibility index (Phi) is 6.16. The lowest BCUT2D eigenvalue weighted by atomic mass is 10.1. The molecular weight excluding hydrogens is 396 g/mol. The van der Waals surface area contributed by atoms with Gasteiger partial charge in [0, 0.05) is 49.8 Å². The van der Waals surface area contributed by atoms with Crippen molar-refractivity contribution in [3.63, 3.8) is 0 Å². The highest BCUT2D eigenvalue weighted by molar-refractivity contribution is 5.91. The van der Waals surface area contributed by atoms with E-state index in [1.54, 1.807) is 48.7 Å². The van der Waals surface area contributed by atoms with Crippen LogP contribution in [-0.4, -0.2) is 66.6 Å². The van der Waals surface area contributed by atoms with Crippen molar-refractivity contribution in [3.05, 3.63) is 66.5 Å². The van der Waals surface area contributed by atoms with Crippen LogP contribution in [0.25, 0.3) is 11.4 Å². The van der Waals surface area contributed by atoms with Crippen LogP contribution in [0.1, 0.15) is 10.4 Å². The number of anilines is 1. The van der Waals surface area contributed by atoms with Gasteiger partial charge in [-0.3, -0.25) is 4.79 Å². The summed E-state index contributed by atoms with van der Waals surface area (Å²) >= 11 is 0. The summed E-state index contributed by atoms with van der Waals surface area (Å²) in [7, 11) is 1.64. The maximum atomic E-state index is 12.5. The first-order chi connectivity index (χ1) is 15.1. The number of piperazine rings is 1. The molecule has 8 heteroatoms. The van der Waals surface area contributed by atoms with Crippen molar-refractivity contribution in [1.29, 1.82) is 0 Å². The molecule has 0 bridgehead atoms. The normalized spacial score (nSPS) is 13.7. The van der Waals surface area contributed by atoms with Crippen molar-refractivity contribution in [1.82, 2.24) is 14.9 Å². The summed E-state index contributed by atoms with van der Waals surface area (Å²) in [4.78, 5) is 35.9. The Morgan fingerprint density at radius 2 is 1.71 bits per heavy atom. The summed E-state index contributed by atoms with van der Waals surface area (Å²) in [6.45, 7) is 2.35. The number of hydrogen-bond acceptors (Lipinski definition) is 6. The first kappa shape index (κ1) is 20.5. The van der Waals surface area contributed by atoms with Crippen LogP contribution in [0.2, 0.25) is 0 Å². The molecule has 3 aromatic rings. The number of hydrogen-bond donors (Lipinski definition) is 1. The monoisotopic (exact) mass is 420 g/mol. The topological polar surface area (TPSA) is 87.8 Å². The summed E-state index contributed by atoms with van der Waals surface area (Å²) in [6.07, 6.45) is 3.40. The Morgan fingerprint density at radius 1 is 1.00 bits per heavy atom. The van der Waals surface area contributed by atoms with Crippen molar-refractivity contribution < 1.29 is 19.1 Å². The van der Waals surface area contributed by atoms with E-state index in [1.165, 1.54) is 0 Å². The second-order valence-electron chi connectivity index (χ2n) is 7.16. The van der Waals surface area contributed by atoms with Crippen LogP contribution >= 0.6 is 0 Å². The fourth-order valence-electron chi connectivity index (χ4n) is 3.50. The molecule has 0 spiro atoms. The summed E-state index contributed by atoms with van der Waals surface area (Å²) in [5.41, 5.74) is 2.36. The largest absolute Gasteiger partial charge is 0.497 e. The average Bonchev–Trinajstić information content (AvgIpc) is 3.38. The Morgan fingerprint density at radius 3 is 2.32 bits per heavy atom. The number of aromatic amines is 1. The van der Waals surface area contributed by atoms with E-state index in [9.17, 15) is 9.59 Å². The highest BCUT2D eigenvalue weighted by Crippen LogP contribution is 2.20. The molecule has 1 aromatic heterocycles. The fraction of sp³-hybridized carbons (Fsp3) is 0.261. The third-order valence-electron chi connectivity index (χ3n) is 5.29. The summed E-state index contributed by atoms with van der Waals surface area (Å²) in [6, 6.07) is 14.8. The van der Waals surface area contributed by atoms with Gasteiger partial charge in [-0.05, 0) is 36.4 Å². The number of imidazole rings is 1. The molecule has 0 radical (unpaired) electrons. The number of H-pyrrole nitrogens is 1. The molecule has 160 valence electrons. The molecule has 1 saturated heterocycles. The van der Waals surface area contributed by atoms with E-state index >= 15 is 0 Å². The maximum absolute atomic E-state index is 12.5. The Hall–Kier alpha value is -3.81. The predicted molar refractivity (Wildman–Crippen MR) is 116 cm³/mol. The van der Waals surface area contributed by atoms with Crippen LogP contribution < -0.4 is 9.64 Å². The van der Waals surface area contributed by atoms with Gasteiger partial charge in [-0.1, -0.05) is 12.1 Å². The van der Waals surface area contributed by atoms with E-state index in [2.05, 4.69) is 14.9 Å². The quantitative estimate of drug-likeness (QED) is 0.617. The van der Waals surface area contributed by atoms with Gasteiger partial charge in [-0.25, -0.2) is 9.78 Å². The molecule has 1 fully saturated rings. The number of benzene rings is 2. The maximum Gasteiger partial charge on any atom is 0.338 e. The van der Waals surface area contributed by atoms with Gasteiger partial charge in [0.25, 0.3) is 5.91 Å². The molecule has 31 heavy (non-hydrogen) atoms. The second-order valence-corrected chi connectivity index (χ2v) is 7.16. The Labute approximate surface area is 180 Å². The van der Waals surface area contributed by atoms with Gasteiger partial charge in [0.15, 0.2) is 6.61 Å². The molecular formula is C23H24N4O4. The van der Waals surface area contributed by atoms with Crippen LogP contribution in [-0.2, 0) is 9.53 Å². The highest BCUT2D eigenvalue weighted by Gasteiger charge is 2.22. The molecule has 8 nitrogen and oxygen atoms in total. The molecule has 2 heterocycles. The van der Waals surface area contributed by atoms with Crippen molar-refractivity contribution in [3.8, 4) is 17.1 Å². The van der Waals surface area contributed by atoms with Crippen molar-refractivity contribution in [2.24, 2.45) is 0 Å². The molecule has 0 aliphatic carbocycles. The van der Waals surface area contributed by atoms with Crippen LogP contribution in [0.3, 0.4) is 0 Å². The lowest BCUT2D eigenvalue weighted by Crippen LogP contribution is -2.49.